The molecular formula is C21H18ClN5. The SMILES string of the molecule is Clc1cccc(Nc2c3c(nc4nc(-c5ccccc5)nn24)CCCC3)c1. The van der Waals surface area contributed by atoms with Gasteiger partial charge in [-0.25, -0.2) is 4.98 Å². The van der Waals surface area contributed by atoms with E-state index in [1.54, 1.807) is 0 Å². The largest absolute Gasteiger partial charge is 0.340 e. The summed E-state index contributed by atoms with van der Waals surface area (Å²) in [4.78, 5) is 9.49. The third-order valence-corrected chi connectivity index (χ3v) is 5.12. The fourth-order valence-electron chi connectivity index (χ4n) is 3.58. The Hall–Kier alpha value is -2.92. The van der Waals surface area contributed by atoms with Gasteiger partial charge in [-0.15, -0.1) is 5.10 Å². The van der Waals surface area contributed by atoms with E-state index in [-0.39, 0.29) is 0 Å². The zero-order chi connectivity index (χ0) is 18.2. The van der Waals surface area contributed by atoms with Crippen LogP contribution < -0.4 is 5.32 Å². The number of benzene rings is 2. The molecule has 2 heterocycles. The molecule has 1 N–H and O–H groups in total. The molecule has 0 amide bonds. The van der Waals surface area contributed by atoms with Crippen LogP contribution in [-0.2, 0) is 12.8 Å². The monoisotopic (exact) mass is 375 g/mol. The Morgan fingerprint density at radius 2 is 1.78 bits per heavy atom. The van der Waals surface area contributed by atoms with Gasteiger partial charge < -0.3 is 5.32 Å². The molecule has 1 aliphatic carbocycles. The molecule has 0 saturated carbocycles. The highest BCUT2D eigenvalue weighted by atomic mass is 35.5. The van der Waals surface area contributed by atoms with Crippen molar-refractivity contribution >= 4 is 28.9 Å². The predicted molar refractivity (Wildman–Crippen MR) is 108 cm³/mol. The summed E-state index contributed by atoms with van der Waals surface area (Å²) in [5, 5.41) is 8.97. The quantitative estimate of drug-likeness (QED) is 0.543. The second-order valence-electron chi connectivity index (χ2n) is 6.74. The van der Waals surface area contributed by atoms with E-state index in [0.29, 0.717) is 16.6 Å². The zero-order valence-corrected chi connectivity index (χ0v) is 15.4. The molecule has 4 aromatic rings. The topological polar surface area (TPSA) is 55.1 Å². The van der Waals surface area contributed by atoms with Crippen LogP contribution in [0.5, 0.6) is 0 Å². The maximum absolute atomic E-state index is 6.17. The Morgan fingerprint density at radius 1 is 0.926 bits per heavy atom. The van der Waals surface area contributed by atoms with E-state index in [2.05, 4.69) is 10.3 Å². The van der Waals surface area contributed by atoms with Crippen molar-refractivity contribution in [2.45, 2.75) is 25.7 Å². The van der Waals surface area contributed by atoms with Crippen LogP contribution in [0.1, 0.15) is 24.1 Å². The molecule has 5 rings (SSSR count). The summed E-state index contributed by atoms with van der Waals surface area (Å²) in [7, 11) is 0. The smallest absolute Gasteiger partial charge is 0.254 e. The molecule has 0 saturated heterocycles. The minimum Gasteiger partial charge on any atom is -0.340 e. The summed E-state index contributed by atoms with van der Waals surface area (Å²) in [5.41, 5.74) is 4.25. The minimum atomic E-state index is 0.624. The molecule has 6 heteroatoms. The third-order valence-electron chi connectivity index (χ3n) is 4.88. The normalized spacial score (nSPS) is 13.5. The molecule has 0 fully saturated rings. The van der Waals surface area contributed by atoms with E-state index in [4.69, 9.17) is 21.7 Å². The number of aromatic nitrogens is 4. The minimum absolute atomic E-state index is 0.624. The van der Waals surface area contributed by atoms with Gasteiger partial charge in [0, 0.05) is 21.8 Å². The summed E-state index contributed by atoms with van der Waals surface area (Å²) < 4.78 is 1.83. The Kier molecular flexibility index (Phi) is 4.02. The van der Waals surface area contributed by atoms with Crippen LogP contribution in [0.2, 0.25) is 5.02 Å². The molecule has 0 radical (unpaired) electrons. The van der Waals surface area contributed by atoms with Gasteiger partial charge >= 0.3 is 0 Å². The molecular weight excluding hydrogens is 358 g/mol. The van der Waals surface area contributed by atoms with Crippen molar-refractivity contribution < 1.29 is 0 Å². The molecule has 0 bridgehead atoms. The molecule has 2 aromatic heterocycles. The zero-order valence-electron chi connectivity index (χ0n) is 14.7. The predicted octanol–water partition coefficient (Wildman–Crippen LogP) is 5.07. The third kappa shape index (κ3) is 3.04. The highest BCUT2D eigenvalue weighted by molar-refractivity contribution is 6.30. The number of hydrogen-bond acceptors (Lipinski definition) is 4. The van der Waals surface area contributed by atoms with E-state index in [0.717, 1.165) is 48.4 Å². The number of aryl methyl sites for hydroxylation is 1. The van der Waals surface area contributed by atoms with Gasteiger partial charge in [0.15, 0.2) is 5.82 Å². The molecule has 0 spiro atoms. The molecule has 5 nitrogen and oxygen atoms in total. The first-order chi connectivity index (χ1) is 13.3. The van der Waals surface area contributed by atoms with E-state index >= 15 is 0 Å². The van der Waals surface area contributed by atoms with Gasteiger partial charge in [-0.3, -0.25) is 0 Å². The van der Waals surface area contributed by atoms with Gasteiger partial charge in [0.25, 0.3) is 5.78 Å². The van der Waals surface area contributed by atoms with Crippen molar-refractivity contribution in [2.24, 2.45) is 0 Å². The van der Waals surface area contributed by atoms with E-state index in [1.807, 2.05) is 59.1 Å². The highest BCUT2D eigenvalue weighted by Gasteiger charge is 2.21. The first-order valence-corrected chi connectivity index (χ1v) is 9.52. The Bertz CT molecular complexity index is 1120. The standard InChI is InChI=1S/C21H18ClN5/c22-15-9-6-10-16(13-15)23-20-17-11-4-5-12-18(17)24-21-25-19(26-27(20)21)14-7-2-1-3-8-14/h1-3,6-10,13,23H,4-5,11-12H2. The van der Waals surface area contributed by atoms with Gasteiger partial charge in [0.1, 0.15) is 5.82 Å². The van der Waals surface area contributed by atoms with Crippen molar-refractivity contribution in [3.63, 3.8) is 0 Å². The van der Waals surface area contributed by atoms with Gasteiger partial charge in [0.05, 0.1) is 5.69 Å². The maximum Gasteiger partial charge on any atom is 0.254 e. The van der Waals surface area contributed by atoms with Crippen LogP contribution in [0.25, 0.3) is 17.2 Å². The molecule has 27 heavy (non-hydrogen) atoms. The summed E-state index contributed by atoms with van der Waals surface area (Å²) in [5.74, 6) is 2.24. The Morgan fingerprint density at radius 3 is 2.63 bits per heavy atom. The van der Waals surface area contributed by atoms with Crippen molar-refractivity contribution in [3.05, 3.63) is 70.9 Å². The molecule has 0 unspecified atom stereocenters. The molecule has 1 aliphatic rings. The van der Waals surface area contributed by atoms with Crippen molar-refractivity contribution in [1.29, 1.82) is 0 Å². The lowest BCUT2D eigenvalue weighted by Crippen LogP contribution is -2.13. The van der Waals surface area contributed by atoms with Gasteiger partial charge in [0.2, 0.25) is 0 Å². The van der Waals surface area contributed by atoms with Gasteiger partial charge in [-0.2, -0.15) is 9.50 Å². The summed E-state index contributed by atoms with van der Waals surface area (Å²) in [6.07, 6.45) is 4.28. The average Bonchev–Trinajstić information content (AvgIpc) is 3.13. The lowest BCUT2D eigenvalue weighted by atomic mass is 9.96. The number of rotatable bonds is 3. The van der Waals surface area contributed by atoms with Crippen LogP contribution >= 0.6 is 11.6 Å². The number of nitrogens with one attached hydrogen (secondary N) is 1. The lowest BCUT2D eigenvalue weighted by Gasteiger charge is -2.20. The highest BCUT2D eigenvalue weighted by Crippen LogP contribution is 2.31. The lowest BCUT2D eigenvalue weighted by molar-refractivity contribution is 0.662. The maximum atomic E-state index is 6.17. The van der Waals surface area contributed by atoms with Crippen molar-refractivity contribution in [2.75, 3.05) is 5.32 Å². The first-order valence-electron chi connectivity index (χ1n) is 9.14. The fraction of sp³-hybridized carbons (Fsp3) is 0.190. The number of hydrogen-bond donors (Lipinski definition) is 1. The van der Waals surface area contributed by atoms with Crippen LogP contribution in [0.15, 0.2) is 54.6 Å². The number of nitrogens with zero attached hydrogens (tertiary/aromatic N) is 4. The van der Waals surface area contributed by atoms with Gasteiger partial charge in [-0.05, 0) is 43.9 Å². The Balaban J connectivity index is 1.69. The Labute approximate surface area is 162 Å². The van der Waals surface area contributed by atoms with Crippen LogP contribution in [0.4, 0.5) is 11.5 Å². The van der Waals surface area contributed by atoms with Crippen molar-refractivity contribution in [1.82, 2.24) is 19.6 Å². The summed E-state index contributed by atoms with van der Waals surface area (Å²) in [6.45, 7) is 0. The molecule has 0 aliphatic heterocycles. The average molecular weight is 376 g/mol. The number of fused-ring (bicyclic) bond motifs is 2. The summed E-state index contributed by atoms with van der Waals surface area (Å²) in [6, 6.07) is 17.7. The molecule has 2 aromatic carbocycles. The van der Waals surface area contributed by atoms with Crippen LogP contribution in [0, 0.1) is 0 Å². The number of halogens is 1. The first kappa shape index (κ1) is 16.3. The van der Waals surface area contributed by atoms with Crippen LogP contribution in [-0.4, -0.2) is 19.6 Å². The summed E-state index contributed by atoms with van der Waals surface area (Å²) >= 11 is 6.17. The second-order valence-corrected chi connectivity index (χ2v) is 7.18. The van der Waals surface area contributed by atoms with E-state index < -0.39 is 0 Å². The van der Waals surface area contributed by atoms with Crippen LogP contribution in [0.3, 0.4) is 0 Å². The van der Waals surface area contributed by atoms with E-state index in [1.165, 1.54) is 5.56 Å². The van der Waals surface area contributed by atoms with E-state index in [9.17, 15) is 0 Å². The fourth-order valence-corrected chi connectivity index (χ4v) is 3.77. The molecule has 0 atom stereocenters. The molecule has 134 valence electrons. The van der Waals surface area contributed by atoms with Gasteiger partial charge in [-0.1, -0.05) is 48.0 Å². The van der Waals surface area contributed by atoms with Crippen molar-refractivity contribution in [3.8, 4) is 11.4 Å². The second kappa shape index (κ2) is 6.67. The number of anilines is 2.